The first-order valence-corrected chi connectivity index (χ1v) is 7.01. The molecule has 1 aromatic carbocycles. The number of hydrogen-bond acceptors (Lipinski definition) is 5. The summed E-state index contributed by atoms with van der Waals surface area (Å²) in [6.45, 7) is 4.19. The van der Waals surface area contributed by atoms with E-state index in [-0.39, 0.29) is 6.61 Å². The molecule has 22 heavy (non-hydrogen) atoms. The topological polar surface area (TPSA) is 81.5 Å². The molecule has 6 heteroatoms. The summed E-state index contributed by atoms with van der Waals surface area (Å²) < 4.78 is 11.0. The standard InChI is InChI=1S/C16H18N2O4/c1-3-21-16-17-9-8-12(18-16)10-22-14-7-5-4-6-13(14)11(2)15(19)20/h4-9,11H,3,10H2,1-2H3,(H,19,20). The second kappa shape index (κ2) is 7.40. The number of aliphatic carboxylic acids is 1. The van der Waals surface area contributed by atoms with Crippen molar-refractivity contribution < 1.29 is 19.4 Å². The number of carboxylic acids is 1. The van der Waals surface area contributed by atoms with E-state index < -0.39 is 11.9 Å². The van der Waals surface area contributed by atoms with Crippen LogP contribution in [0.25, 0.3) is 0 Å². The zero-order valence-electron chi connectivity index (χ0n) is 12.5. The van der Waals surface area contributed by atoms with E-state index >= 15 is 0 Å². The molecule has 0 amide bonds. The number of rotatable bonds is 7. The van der Waals surface area contributed by atoms with Crippen LogP contribution in [0.15, 0.2) is 36.5 Å². The van der Waals surface area contributed by atoms with Gasteiger partial charge in [-0.2, -0.15) is 4.98 Å². The molecule has 0 aliphatic rings. The molecule has 1 N–H and O–H groups in total. The van der Waals surface area contributed by atoms with Gasteiger partial charge in [-0.15, -0.1) is 0 Å². The van der Waals surface area contributed by atoms with E-state index in [1.807, 2.05) is 6.92 Å². The Morgan fingerprint density at radius 3 is 2.77 bits per heavy atom. The summed E-state index contributed by atoms with van der Waals surface area (Å²) in [5, 5.41) is 9.15. The summed E-state index contributed by atoms with van der Waals surface area (Å²) in [7, 11) is 0. The van der Waals surface area contributed by atoms with Crippen molar-refractivity contribution in [1.29, 1.82) is 0 Å². The van der Waals surface area contributed by atoms with Crippen molar-refractivity contribution in [1.82, 2.24) is 9.97 Å². The molecule has 0 aliphatic carbocycles. The van der Waals surface area contributed by atoms with Gasteiger partial charge in [-0.25, -0.2) is 4.98 Å². The first kappa shape index (κ1) is 15.8. The average molecular weight is 302 g/mol. The number of carbonyl (C=O) groups is 1. The summed E-state index contributed by atoms with van der Waals surface area (Å²) in [4.78, 5) is 19.3. The van der Waals surface area contributed by atoms with Gasteiger partial charge in [-0.3, -0.25) is 4.79 Å². The van der Waals surface area contributed by atoms with Gasteiger partial charge in [0.15, 0.2) is 0 Å². The Hall–Kier alpha value is -2.63. The Morgan fingerprint density at radius 1 is 1.27 bits per heavy atom. The highest BCUT2D eigenvalue weighted by molar-refractivity contribution is 5.76. The second-order valence-electron chi connectivity index (χ2n) is 4.65. The monoisotopic (exact) mass is 302 g/mol. The van der Waals surface area contributed by atoms with Crippen molar-refractivity contribution in [2.45, 2.75) is 26.4 Å². The molecule has 0 saturated heterocycles. The number of ether oxygens (including phenoxy) is 2. The van der Waals surface area contributed by atoms with Crippen LogP contribution < -0.4 is 9.47 Å². The SMILES string of the molecule is CCOc1nccc(COc2ccccc2C(C)C(=O)O)n1. The lowest BCUT2D eigenvalue weighted by Gasteiger charge is -2.14. The number of nitrogens with zero attached hydrogens (tertiary/aromatic N) is 2. The molecule has 1 heterocycles. The predicted molar refractivity (Wildman–Crippen MR) is 80.0 cm³/mol. The molecule has 1 unspecified atom stereocenters. The highest BCUT2D eigenvalue weighted by Gasteiger charge is 2.18. The van der Waals surface area contributed by atoms with Crippen LogP contribution in [0.5, 0.6) is 11.8 Å². The van der Waals surface area contributed by atoms with Gasteiger partial charge >= 0.3 is 12.0 Å². The van der Waals surface area contributed by atoms with E-state index in [0.29, 0.717) is 29.6 Å². The van der Waals surface area contributed by atoms with Gasteiger partial charge in [-0.05, 0) is 26.0 Å². The number of aromatic nitrogens is 2. The maximum Gasteiger partial charge on any atom is 0.316 e. The summed E-state index contributed by atoms with van der Waals surface area (Å²) in [6.07, 6.45) is 1.60. The van der Waals surface area contributed by atoms with Crippen LogP contribution in [-0.4, -0.2) is 27.7 Å². The fourth-order valence-corrected chi connectivity index (χ4v) is 1.91. The molecule has 0 fully saturated rings. The van der Waals surface area contributed by atoms with Crippen LogP contribution in [0, 0.1) is 0 Å². The lowest BCUT2D eigenvalue weighted by Crippen LogP contribution is -2.10. The van der Waals surface area contributed by atoms with E-state index in [9.17, 15) is 4.79 Å². The zero-order chi connectivity index (χ0) is 15.9. The van der Waals surface area contributed by atoms with E-state index in [1.54, 1.807) is 43.5 Å². The Balaban J connectivity index is 2.12. The fraction of sp³-hybridized carbons (Fsp3) is 0.312. The molecular formula is C16H18N2O4. The predicted octanol–water partition coefficient (Wildman–Crippen LogP) is 2.64. The third-order valence-electron chi connectivity index (χ3n) is 3.10. The lowest BCUT2D eigenvalue weighted by atomic mass is 10.0. The molecule has 1 aromatic heterocycles. The maximum atomic E-state index is 11.2. The Morgan fingerprint density at radius 2 is 2.05 bits per heavy atom. The molecule has 2 rings (SSSR count). The fourth-order valence-electron chi connectivity index (χ4n) is 1.91. The van der Waals surface area contributed by atoms with E-state index in [0.717, 1.165) is 0 Å². The van der Waals surface area contributed by atoms with Gasteiger partial charge in [0.05, 0.1) is 18.2 Å². The molecule has 6 nitrogen and oxygen atoms in total. The minimum absolute atomic E-state index is 0.214. The van der Waals surface area contributed by atoms with E-state index in [4.69, 9.17) is 14.6 Å². The van der Waals surface area contributed by atoms with E-state index in [1.165, 1.54) is 0 Å². The third kappa shape index (κ3) is 3.94. The second-order valence-corrected chi connectivity index (χ2v) is 4.65. The molecule has 116 valence electrons. The highest BCUT2D eigenvalue weighted by atomic mass is 16.5. The van der Waals surface area contributed by atoms with Gasteiger partial charge in [-0.1, -0.05) is 18.2 Å². The number of carboxylic acid groups (broad SMARTS) is 1. The smallest absolute Gasteiger partial charge is 0.316 e. The molecular weight excluding hydrogens is 284 g/mol. The highest BCUT2D eigenvalue weighted by Crippen LogP contribution is 2.27. The normalized spacial score (nSPS) is 11.7. The van der Waals surface area contributed by atoms with Crippen LogP contribution in [0.4, 0.5) is 0 Å². The van der Waals surface area contributed by atoms with Crippen LogP contribution in [-0.2, 0) is 11.4 Å². The van der Waals surface area contributed by atoms with Gasteiger partial charge in [0.25, 0.3) is 0 Å². The first-order chi connectivity index (χ1) is 10.6. The lowest BCUT2D eigenvalue weighted by molar-refractivity contribution is -0.138. The molecule has 2 aromatic rings. The van der Waals surface area contributed by atoms with E-state index in [2.05, 4.69) is 9.97 Å². The van der Waals surface area contributed by atoms with Crippen molar-refractivity contribution in [3.05, 3.63) is 47.8 Å². The van der Waals surface area contributed by atoms with Crippen molar-refractivity contribution in [3.63, 3.8) is 0 Å². The number of para-hydroxylation sites is 1. The first-order valence-electron chi connectivity index (χ1n) is 7.01. The van der Waals surface area contributed by atoms with Crippen molar-refractivity contribution in [2.75, 3.05) is 6.61 Å². The van der Waals surface area contributed by atoms with Crippen molar-refractivity contribution in [3.8, 4) is 11.8 Å². The average Bonchev–Trinajstić information content (AvgIpc) is 2.53. The van der Waals surface area contributed by atoms with Gasteiger partial charge < -0.3 is 14.6 Å². The minimum atomic E-state index is -0.892. The molecule has 0 saturated carbocycles. The molecule has 0 spiro atoms. The quantitative estimate of drug-likeness (QED) is 0.846. The van der Waals surface area contributed by atoms with Crippen LogP contribution in [0.2, 0.25) is 0 Å². The largest absolute Gasteiger partial charge is 0.487 e. The van der Waals surface area contributed by atoms with Crippen molar-refractivity contribution in [2.24, 2.45) is 0 Å². The third-order valence-corrected chi connectivity index (χ3v) is 3.10. The summed E-state index contributed by atoms with van der Waals surface area (Å²) in [5.74, 6) is -0.994. The van der Waals surface area contributed by atoms with Crippen molar-refractivity contribution >= 4 is 5.97 Å². The van der Waals surface area contributed by atoms with Crippen LogP contribution in [0.3, 0.4) is 0 Å². The molecule has 0 bridgehead atoms. The molecule has 0 radical (unpaired) electrons. The summed E-state index contributed by atoms with van der Waals surface area (Å²) >= 11 is 0. The maximum absolute atomic E-state index is 11.2. The minimum Gasteiger partial charge on any atom is -0.487 e. The Labute approximate surface area is 128 Å². The van der Waals surface area contributed by atoms with Gasteiger partial charge in [0, 0.05) is 11.8 Å². The van der Waals surface area contributed by atoms with Gasteiger partial charge in [0.2, 0.25) is 0 Å². The summed E-state index contributed by atoms with van der Waals surface area (Å²) in [5.41, 5.74) is 1.30. The zero-order valence-corrected chi connectivity index (χ0v) is 12.5. The van der Waals surface area contributed by atoms with Crippen LogP contribution in [0.1, 0.15) is 31.0 Å². The van der Waals surface area contributed by atoms with Crippen LogP contribution >= 0.6 is 0 Å². The Kier molecular flexibility index (Phi) is 5.30. The molecule has 1 atom stereocenters. The number of hydrogen-bond donors (Lipinski definition) is 1. The molecule has 0 aliphatic heterocycles. The summed E-state index contributed by atoms with van der Waals surface area (Å²) in [6, 6.07) is 9.12. The van der Waals surface area contributed by atoms with Gasteiger partial charge in [0.1, 0.15) is 12.4 Å². The Bertz CT molecular complexity index is 646. The number of benzene rings is 1.